The van der Waals surface area contributed by atoms with Crippen molar-refractivity contribution in [3.05, 3.63) is 30.3 Å². The molecule has 5 nitrogen and oxygen atoms in total. The first-order valence-electron chi connectivity index (χ1n) is 3.28. The van der Waals surface area contributed by atoms with Crippen LogP contribution < -0.4 is 5.30 Å². The van der Waals surface area contributed by atoms with E-state index in [1.165, 1.54) is 12.1 Å². The maximum atomic E-state index is 11.3. The Labute approximate surface area is 76.2 Å². The molecule has 0 fully saturated rings. The van der Waals surface area contributed by atoms with Gasteiger partial charge in [0.25, 0.3) is 0 Å². The Morgan fingerprint density at radius 1 is 1.23 bits per heavy atom. The van der Waals surface area contributed by atoms with Crippen LogP contribution in [-0.2, 0) is 8.88 Å². The van der Waals surface area contributed by atoms with Gasteiger partial charge in [0.1, 0.15) is 0 Å². The van der Waals surface area contributed by atoms with Crippen molar-refractivity contribution >= 4 is 21.5 Å². The van der Waals surface area contributed by atoms with Crippen LogP contribution in [0.5, 0.6) is 0 Å². The van der Waals surface area contributed by atoms with E-state index in [0.717, 1.165) is 0 Å². The lowest BCUT2D eigenvalue weighted by Crippen LogP contribution is -2.04. The average molecular weight is 222 g/mol. The number of rotatable bonds is 3. The molecule has 1 aromatic rings. The SMILES string of the molecule is O=P(O)(OP(O)O)c1ccccc1. The highest BCUT2D eigenvalue weighted by Crippen LogP contribution is 2.51. The van der Waals surface area contributed by atoms with Crippen molar-refractivity contribution in [1.82, 2.24) is 0 Å². The van der Waals surface area contributed by atoms with E-state index >= 15 is 0 Å². The van der Waals surface area contributed by atoms with Crippen LogP contribution in [0.4, 0.5) is 0 Å². The van der Waals surface area contributed by atoms with Crippen molar-refractivity contribution in [2.45, 2.75) is 0 Å². The van der Waals surface area contributed by atoms with E-state index in [1.807, 2.05) is 0 Å². The fourth-order valence-electron chi connectivity index (χ4n) is 0.763. The molecule has 1 unspecified atom stereocenters. The summed E-state index contributed by atoms with van der Waals surface area (Å²) in [5, 5.41) is 0.0330. The molecule has 0 bridgehead atoms. The third-order valence-corrected chi connectivity index (χ3v) is 3.69. The molecule has 0 aliphatic carbocycles. The summed E-state index contributed by atoms with van der Waals surface area (Å²) in [5.74, 6) is 0. The zero-order valence-electron chi connectivity index (χ0n) is 6.44. The highest BCUT2D eigenvalue weighted by molar-refractivity contribution is 7.67. The summed E-state index contributed by atoms with van der Waals surface area (Å²) in [6.45, 7) is 0. The molecule has 0 spiro atoms. The van der Waals surface area contributed by atoms with E-state index in [4.69, 9.17) is 9.79 Å². The van der Waals surface area contributed by atoms with Crippen LogP contribution >= 0.6 is 16.2 Å². The molecule has 0 amide bonds. The molecule has 0 aliphatic rings. The Hall–Kier alpha value is -0.280. The van der Waals surface area contributed by atoms with Gasteiger partial charge in [-0.05, 0) is 12.1 Å². The van der Waals surface area contributed by atoms with Gasteiger partial charge in [0.2, 0.25) is 0 Å². The summed E-state index contributed by atoms with van der Waals surface area (Å²) in [5.41, 5.74) is 0. The van der Waals surface area contributed by atoms with Crippen LogP contribution in [-0.4, -0.2) is 14.7 Å². The summed E-state index contributed by atoms with van der Waals surface area (Å²) in [4.78, 5) is 26.0. The van der Waals surface area contributed by atoms with Gasteiger partial charge < -0.3 is 14.7 Å². The maximum Gasteiger partial charge on any atom is 0.365 e. The lowest BCUT2D eigenvalue weighted by atomic mass is 10.4. The third-order valence-electron chi connectivity index (χ3n) is 1.27. The fraction of sp³-hybridized carbons (Fsp3) is 0. The highest BCUT2D eigenvalue weighted by atomic mass is 31.2. The minimum Gasteiger partial charge on any atom is -0.328 e. The van der Waals surface area contributed by atoms with Gasteiger partial charge in [0.15, 0.2) is 0 Å². The average Bonchev–Trinajstić information content (AvgIpc) is 2.04. The van der Waals surface area contributed by atoms with Crippen molar-refractivity contribution < 1.29 is 23.6 Å². The summed E-state index contributed by atoms with van der Waals surface area (Å²) in [7, 11) is -6.90. The minimum atomic E-state index is -4.07. The normalized spacial score (nSPS) is 15.7. The number of hydrogen-bond donors (Lipinski definition) is 3. The predicted octanol–water partition coefficient (Wildman–Crippen LogP) is 0.725. The summed E-state index contributed by atoms with van der Waals surface area (Å²) in [6, 6.07) is 7.53. The van der Waals surface area contributed by atoms with Gasteiger partial charge in [-0.1, -0.05) is 18.2 Å². The molecule has 13 heavy (non-hydrogen) atoms. The Bertz CT molecular complexity index is 312. The van der Waals surface area contributed by atoms with Crippen molar-refractivity contribution in [1.29, 1.82) is 0 Å². The highest BCUT2D eigenvalue weighted by Gasteiger charge is 2.26. The van der Waals surface area contributed by atoms with Gasteiger partial charge in [-0.25, -0.2) is 4.31 Å². The van der Waals surface area contributed by atoms with Crippen LogP contribution in [0.1, 0.15) is 0 Å². The minimum absolute atomic E-state index is 0.0330. The molecule has 1 rings (SSSR count). The second-order valence-corrected chi connectivity index (χ2v) is 4.91. The molecule has 0 radical (unpaired) electrons. The Kier molecular flexibility index (Phi) is 3.56. The Morgan fingerprint density at radius 2 is 1.77 bits per heavy atom. The van der Waals surface area contributed by atoms with Gasteiger partial charge in [-0.15, -0.1) is 0 Å². The standard InChI is InChI=1S/C6H8O5P2/c7-12(8)11-13(9,10)6-4-2-1-3-5-6/h1-5,7-8H,(H,9,10). The summed E-state index contributed by atoms with van der Waals surface area (Å²) >= 11 is 0. The van der Waals surface area contributed by atoms with E-state index in [-0.39, 0.29) is 5.30 Å². The molecule has 0 aromatic heterocycles. The second-order valence-electron chi connectivity index (χ2n) is 2.19. The topological polar surface area (TPSA) is 87.0 Å². The van der Waals surface area contributed by atoms with Crippen molar-refractivity contribution in [2.24, 2.45) is 0 Å². The lowest BCUT2D eigenvalue weighted by Gasteiger charge is -2.11. The van der Waals surface area contributed by atoms with Gasteiger partial charge in [-0.3, -0.25) is 4.57 Å². The summed E-state index contributed by atoms with van der Waals surface area (Å²) < 4.78 is 15.4. The van der Waals surface area contributed by atoms with Gasteiger partial charge in [-0.2, -0.15) is 0 Å². The molecule has 72 valence electrons. The lowest BCUT2D eigenvalue weighted by molar-refractivity contribution is 0.336. The van der Waals surface area contributed by atoms with Gasteiger partial charge in [0, 0.05) is 0 Å². The smallest absolute Gasteiger partial charge is 0.328 e. The van der Waals surface area contributed by atoms with Crippen LogP contribution in [0, 0.1) is 0 Å². The molecular weight excluding hydrogens is 214 g/mol. The molecule has 3 N–H and O–H groups in total. The van der Waals surface area contributed by atoms with E-state index < -0.39 is 16.2 Å². The second kappa shape index (κ2) is 4.29. The molecule has 0 saturated heterocycles. The van der Waals surface area contributed by atoms with Crippen molar-refractivity contribution in [3.63, 3.8) is 0 Å². The van der Waals surface area contributed by atoms with Crippen LogP contribution in [0.25, 0.3) is 0 Å². The molecule has 7 heteroatoms. The van der Waals surface area contributed by atoms with E-state index in [1.54, 1.807) is 18.2 Å². The monoisotopic (exact) mass is 222 g/mol. The zero-order valence-corrected chi connectivity index (χ0v) is 8.23. The first-order chi connectivity index (χ1) is 6.02. The fourth-order valence-corrected chi connectivity index (χ4v) is 2.48. The Morgan fingerprint density at radius 3 is 2.23 bits per heavy atom. The van der Waals surface area contributed by atoms with E-state index in [0.29, 0.717) is 0 Å². The number of hydrogen-bond acceptors (Lipinski definition) is 4. The van der Waals surface area contributed by atoms with Crippen molar-refractivity contribution in [2.75, 3.05) is 0 Å². The molecule has 0 saturated carbocycles. The molecule has 0 heterocycles. The molecule has 1 aromatic carbocycles. The van der Waals surface area contributed by atoms with E-state index in [2.05, 4.69) is 4.31 Å². The van der Waals surface area contributed by atoms with Gasteiger partial charge in [0.05, 0.1) is 5.30 Å². The third kappa shape index (κ3) is 3.16. The first-order valence-corrected chi connectivity index (χ1v) is 6.02. The van der Waals surface area contributed by atoms with Crippen molar-refractivity contribution in [3.8, 4) is 0 Å². The van der Waals surface area contributed by atoms with Crippen LogP contribution in [0.15, 0.2) is 30.3 Å². The molecule has 0 aliphatic heterocycles. The molecular formula is C6H8O5P2. The Balaban J connectivity index is 2.88. The zero-order chi connectivity index (χ0) is 9.90. The molecule has 1 atom stereocenters. The first kappa shape index (κ1) is 10.8. The predicted molar refractivity (Wildman–Crippen MR) is 48.3 cm³/mol. The maximum absolute atomic E-state index is 11.3. The summed E-state index contributed by atoms with van der Waals surface area (Å²) in [6.07, 6.45) is 0. The quantitative estimate of drug-likeness (QED) is 0.656. The number of benzene rings is 1. The largest absolute Gasteiger partial charge is 0.365 e. The van der Waals surface area contributed by atoms with Gasteiger partial charge >= 0.3 is 16.2 Å². The van der Waals surface area contributed by atoms with Crippen LogP contribution in [0.2, 0.25) is 0 Å². The van der Waals surface area contributed by atoms with E-state index in [9.17, 15) is 9.46 Å². The van der Waals surface area contributed by atoms with Crippen LogP contribution in [0.3, 0.4) is 0 Å².